The van der Waals surface area contributed by atoms with E-state index in [1.54, 1.807) is 6.92 Å². The van der Waals surface area contributed by atoms with Crippen LogP contribution in [0.25, 0.3) is 0 Å². The quantitative estimate of drug-likeness (QED) is 0.845. The Kier molecular flexibility index (Phi) is 3.76. The van der Waals surface area contributed by atoms with Crippen molar-refractivity contribution in [3.05, 3.63) is 47.2 Å². The Morgan fingerprint density at radius 1 is 1.10 bits per heavy atom. The van der Waals surface area contributed by atoms with Crippen LogP contribution in [0.5, 0.6) is 5.75 Å². The first kappa shape index (κ1) is 14.7. The van der Waals surface area contributed by atoms with Gasteiger partial charge in [-0.3, -0.25) is 19.3 Å². The van der Waals surface area contributed by atoms with Crippen LogP contribution in [0.1, 0.15) is 20.8 Å². The van der Waals surface area contributed by atoms with E-state index in [0.29, 0.717) is 11.3 Å². The van der Waals surface area contributed by atoms with Crippen LogP contribution in [-0.4, -0.2) is 22.6 Å². The number of aromatic hydroxyl groups is 1. The normalized spacial score (nSPS) is 15.1. The standard InChI is InChI=1S/C16H15NO4/c1-9-8-14(20)15(10(2)16(9)21)17(11(3)18)12-4-6-13(19)7-5-12/h4-8,19H,1-3H3. The van der Waals surface area contributed by atoms with Crippen LogP contribution in [0, 0.1) is 0 Å². The maximum absolute atomic E-state index is 12.2. The number of rotatable bonds is 2. The van der Waals surface area contributed by atoms with E-state index >= 15 is 0 Å². The highest BCUT2D eigenvalue weighted by atomic mass is 16.3. The molecule has 2 rings (SSSR count). The summed E-state index contributed by atoms with van der Waals surface area (Å²) in [6.07, 6.45) is 1.24. The van der Waals surface area contributed by atoms with Crippen molar-refractivity contribution in [3.63, 3.8) is 0 Å². The third-order valence-electron chi connectivity index (χ3n) is 3.28. The van der Waals surface area contributed by atoms with Gasteiger partial charge in [0.2, 0.25) is 11.7 Å². The molecule has 0 aromatic heterocycles. The number of anilines is 1. The van der Waals surface area contributed by atoms with Crippen molar-refractivity contribution in [1.82, 2.24) is 0 Å². The van der Waals surface area contributed by atoms with Gasteiger partial charge in [0, 0.05) is 23.8 Å². The number of phenolic OH excluding ortho intramolecular Hbond substituents is 1. The number of Topliss-reactive ketones (excluding diaryl/α,β-unsaturated/α-hetero) is 1. The van der Waals surface area contributed by atoms with Crippen LogP contribution in [0.2, 0.25) is 0 Å². The predicted octanol–water partition coefficient (Wildman–Crippen LogP) is 2.12. The maximum atomic E-state index is 12.2. The Labute approximate surface area is 122 Å². The summed E-state index contributed by atoms with van der Waals surface area (Å²) in [6.45, 7) is 4.41. The molecule has 0 saturated heterocycles. The topological polar surface area (TPSA) is 74.7 Å². The molecular formula is C16H15NO4. The SMILES string of the molecule is CC(=O)N(C1=C(C)C(=O)C(C)=CC1=O)c1ccc(O)cc1. The molecule has 1 aliphatic carbocycles. The lowest BCUT2D eigenvalue weighted by molar-refractivity contribution is -0.118. The molecule has 1 aromatic carbocycles. The summed E-state index contributed by atoms with van der Waals surface area (Å²) in [4.78, 5) is 37.4. The van der Waals surface area contributed by atoms with Gasteiger partial charge in [-0.05, 0) is 44.2 Å². The van der Waals surface area contributed by atoms with Gasteiger partial charge in [0.1, 0.15) is 11.4 Å². The number of benzene rings is 1. The number of amides is 1. The molecule has 5 heteroatoms. The van der Waals surface area contributed by atoms with E-state index in [-0.39, 0.29) is 34.5 Å². The molecule has 0 radical (unpaired) electrons. The molecule has 5 nitrogen and oxygen atoms in total. The minimum atomic E-state index is -0.385. The first-order valence-corrected chi connectivity index (χ1v) is 6.41. The number of hydrogen-bond donors (Lipinski definition) is 1. The molecule has 0 bridgehead atoms. The summed E-state index contributed by atoms with van der Waals surface area (Å²) in [6, 6.07) is 5.86. The van der Waals surface area contributed by atoms with Gasteiger partial charge in [-0.1, -0.05) is 0 Å². The molecule has 108 valence electrons. The van der Waals surface area contributed by atoms with Crippen molar-refractivity contribution in [1.29, 1.82) is 0 Å². The van der Waals surface area contributed by atoms with Gasteiger partial charge in [0.05, 0.1) is 0 Å². The maximum Gasteiger partial charge on any atom is 0.228 e. The van der Waals surface area contributed by atoms with Crippen molar-refractivity contribution >= 4 is 23.2 Å². The fourth-order valence-corrected chi connectivity index (χ4v) is 2.27. The second-order valence-electron chi connectivity index (χ2n) is 4.87. The lowest BCUT2D eigenvalue weighted by Crippen LogP contribution is -2.35. The number of phenols is 1. The molecule has 0 heterocycles. The number of nitrogens with zero attached hydrogens (tertiary/aromatic N) is 1. The Hall–Kier alpha value is -2.69. The van der Waals surface area contributed by atoms with Gasteiger partial charge in [-0.2, -0.15) is 0 Å². The lowest BCUT2D eigenvalue weighted by atomic mass is 9.94. The molecule has 0 fully saturated rings. The van der Waals surface area contributed by atoms with Crippen LogP contribution >= 0.6 is 0 Å². The fourth-order valence-electron chi connectivity index (χ4n) is 2.27. The van der Waals surface area contributed by atoms with E-state index in [1.165, 1.54) is 49.1 Å². The Bertz CT molecular complexity index is 695. The Morgan fingerprint density at radius 3 is 2.19 bits per heavy atom. The third kappa shape index (κ3) is 2.63. The first-order chi connectivity index (χ1) is 9.82. The molecule has 0 unspecified atom stereocenters. The number of ketones is 2. The minimum Gasteiger partial charge on any atom is -0.508 e. The van der Waals surface area contributed by atoms with Crippen molar-refractivity contribution in [2.24, 2.45) is 0 Å². The molecule has 1 aliphatic rings. The summed E-state index contributed by atoms with van der Waals surface area (Å²) in [5.74, 6) is -0.971. The van der Waals surface area contributed by atoms with Crippen molar-refractivity contribution in [2.75, 3.05) is 4.90 Å². The fraction of sp³-hybridized carbons (Fsp3) is 0.188. The zero-order chi connectivity index (χ0) is 15.7. The van der Waals surface area contributed by atoms with Crippen LogP contribution in [-0.2, 0) is 14.4 Å². The first-order valence-electron chi connectivity index (χ1n) is 6.41. The highest BCUT2D eigenvalue weighted by molar-refractivity contribution is 6.25. The largest absolute Gasteiger partial charge is 0.508 e. The summed E-state index contributed by atoms with van der Waals surface area (Å²) in [5.41, 5.74) is 1.08. The number of allylic oxidation sites excluding steroid dienone is 3. The third-order valence-corrected chi connectivity index (χ3v) is 3.28. The highest BCUT2D eigenvalue weighted by Crippen LogP contribution is 2.28. The summed E-state index contributed by atoms with van der Waals surface area (Å²) in [5, 5.41) is 9.32. The van der Waals surface area contributed by atoms with E-state index in [1.807, 2.05) is 0 Å². The van der Waals surface area contributed by atoms with Crippen molar-refractivity contribution in [3.8, 4) is 5.75 Å². The van der Waals surface area contributed by atoms with Crippen LogP contribution < -0.4 is 4.90 Å². The molecule has 0 aliphatic heterocycles. The van der Waals surface area contributed by atoms with E-state index in [0.717, 1.165) is 0 Å². The molecular weight excluding hydrogens is 270 g/mol. The van der Waals surface area contributed by atoms with Crippen LogP contribution in [0.15, 0.2) is 47.2 Å². The molecule has 1 amide bonds. The van der Waals surface area contributed by atoms with E-state index in [2.05, 4.69) is 0 Å². The summed E-state index contributed by atoms with van der Waals surface area (Å²) < 4.78 is 0. The van der Waals surface area contributed by atoms with Gasteiger partial charge in [-0.15, -0.1) is 0 Å². The van der Waals surface area contributed by atoms with E-state index in [9.17, 15) is 19.5 Å². The second-order valence-corrected chi connectivity index (χ2v) is 4.87. The van der Waals surface area contributed by atoms with Gasteiger partial charge in [-0.25, -0.2) is 0 Å². The zero-order valence-corrected chi connectivity index (χ0v) is 12.0. The highest BCUT2D eigenvalue weighted by Gasteiger charge is 2.30. The number of hydrogen-bond acceptors (Lipinski definition) is 4. The van der Waals surface area contributed by atoms with Gasteiger partial charge in [0.15, 0.2) is 5.78 Å². The molecule has 0 saturated carbocycles. The zero-order valence-electron chi connectivity index (χ0n) is 12.0. The van der Waals surface area contributed by atoms with Gasteiger partial charge >= 0.3 is 0 Å². The Balaban J connectivity index is 2.58. The summed E-state index contributed by atoms with van der Waals surface area (Å²) in [7, 11) is 0. The average Bonchev–Trinajstić information content (AvgIpc) is 2.42. The smallest absolute Gasteiger partial charge is 0.228 e. The minimum absolute atomic E-state index is 0.0507. The second kappa shape index (κ2) is 5.36. The number of carbonyl (C=O) groups excluding carboxylic acids is 3. The Morgan fingerprint density at radius 2 is 1.67 bits per heavy atom. The lowest BCUT2D eigenvalue weighted by Gasteiger charge is -2.26. The molecule has 1 aromatic rings. The van der Waals surface area contributed by atoms with Crippen molar-refractivity contribution < 1.29 is 19.5 Å². The molecule has 0 spiro atoms. The monoisotopic (exact) mass is 285 g/mol. The molecule has 1 N–H and O–H groups in total. The average molecular weight is 285 g/mol. The molecule has 0 atom stereocenters. The van der Waals surface area contributed by atoms with E-state index < -0.39 is 0 Å². The van der Waals surface area contributed by atoms with Gasteiger partial charge < -0.3 is 5.11 Å². The van der Waals surface area contributed by atoms with Crippen LogP contribution in [0.3, 0.4) is 0 Å². The predicted molar refractivity (Wildman–Crippen MR) is 77.7 cm³/mol. The van der Waals surface area contributed by atoms with Crippen molar-refractivity contribution in [2.45, 2.75) is 20.8 Å². The van der Waals surface area contributed by atoms with Crippen LogP contribution in [0.4, 0.5) is 5.69 Å². The molecule has 21 heavy (non-hydrogen) atoms. The summed E-state index contributed by atoms with van der Waals surface area (Å²) >= 11 is 0. The van der Waals surface area contributed by atoms with Gasteiger partial charge in [0.25, 0.3) is 0 Å². The van der Waals surface area contributed by atoms with E-state index in [4.69, 9.17) is 0 Å². The number of carbonyl (C=O) groups is 3.